The normalized spacial score (nSPS) is 13.3. The van der Waals surface area contributed by atoms with E-state index in [0.29, 0.717) is 0 Å². The van der Waals surface area contributed by atoms with Gasteiger partial charge in [0.25, 0.3) is 0 Å². The van der Waals surface area contributed by atoms with E-state index in [0.717, 1.165) is 24.8 Å². The molecular weight excluding hydrogens is 214 g/mol. The SMILES string of the molecule is C=CC(O)/C(=C/C(=O)N(C)C)CCCCCC. The molecule has 0 fully saturated rings. The second-order valence-corrected chi connectivity index (χ2v) is 4.44. The first-order chi connectivity index (χ1) is 8.02. The van der Waals surface area contributed by atoms with Crippen LogP contribution in [0.1, 0.15) is 39.0 Å². The molecule has 17 heavy (non-hydrogen) atoms. The van der Waals surface area contributed by atoms with Crippen LogP contribution in [0.15, 0.2) is 24.3 Å². The number of nitrogens with zero attached hydrogens (tertiary/aromatic N) is 1. The molecule has 1 N–H and O–H groups in total. The van der Waals surface area contributed by atoms with Crippen molar-refractivity contribution in [3.05, 3.63) is 24.3 Å². The van der Waals surface area contributed by atoms with Gasteiger partial charge in [0.2, 0.25) is 5.91 Å². The molecule has 98 valence electrons. The average Bonchev–Trinajstić information content (AvgIpc) is 2.31. The summed E-state index contributed by atoms with van der Waals surface area (Å²) in [5, 5.41) is 9.75. The fourth-order valence-electron chi connectivity index (χ4n) is 1.50. The zero-order valence-corrected chi connectivity index (χ0v) is 11.3. The molecule has 0 saturated carbocycles. The van der Waals surface area contributed by atoms with Crippen molar-refractivity contribution < 1.29 is 9.90 Å². The van der Waals surface area contributed by atoms with Gasteiger partial charge < -0.3 is 10.0 Å². The zero-order valence-electron chi connectivity index (χ0n) is 11.3. The molecule has 0 aliphatic rings. The maximum Gasteiger partial charge on any atom is 0.246 e. The molecule has 0 rings (SSSR count). The molecule has 3 nitrogen and oxygen atoms in total. The zero-order chi connectivity index (χ0) is 13.3. The molecule has 1 amide bonds. The van der Waals surface area contributed by atoms with Gasteiger partial charge >= 0.3 is 0 Å². The number of likely N-dealkylation sites (N-methyl/N-ethyl adjacent to an activating group) is 1. The van der Waals surface area contributed by atoms with Gasteiger partial charge in [-0.1, -0.05) is 32.3 Å². The Morgan fingerprint density at radius 2 is 2.00 bits per heavy atom. The number of aliphatic hydroxyl groups excluding tert-OH is 1. The Kier molecular flexibility index (Phi) is 8.42. The summed E-state index contributed by atoms with van der Waals surface area (Å²) in [6, 6.07) is 0. The van der Waals surface area contributed by atoms with E-state index in [1.165, 1.54) is 29.9 Å². The van der Waals surface area contributed by atoms with Gasteiger partial charge in [0, 0.05) is 20.2 Å². The second-order valence-electron chi connectivity index (χ2n) is 4.44. The van der Waals surface area contributed by atoms with Crippen LogP contribution in [0.3, 0.4) is 0 Å². The summed E-state index contributed by atoms with van der Waals surface area (Å²) in [4.78, 5) is 13.1. The number of carbonyl (C=O) groups excluding carboxylic acids is 1. The van der Waals surface area contributed by atoms with E-state index >= 15 is 0 Å². The summed E-state index contributed by atoms with van der Waals surface area (Å²) in [6.45, 7) is 5.72. The maximum atomic E-state index is 11.6. The molecule has 0 aliphatic heterocycles. The minimum Gasteiger partial charge on any atom is -0.385 e. The summed E-state index contributed by atoms with van der Waals surface area (Å²) in [5.41, 5.74) is 0.759. The van der Waals surface area contributed by atoms with Crippen LogP contribution in [0.25, 0.3) is 0 Å². The number of aliphatic hydroxyl groups is 1. The van der Waals surface area contributed by atoms with Gasteiger partial charge in [-0.2, -0.15) is 0 Å². The lowest BCUT2D eigenvalue weighted by Crippen LogP contribution is -2.21. The standard InChI is InChI=1S/C14H25NO2/c1-5-7-8-9-10-12(13(16)6-2)11-14(17)15(3)4/h6,11,13,16H,2,5,7-10H2,1,3-4H3/b12-11+. The van der Waals surface area contributed by atoms with E-state index < -0.39 is 6.10 Å². The largest absolute Gasteiger partial charge is 0.385 e. The van der Waals surface area contributed by atoms with Gasteiger partial charge in [0.1, 0.15) is 0 Å². The molecule has 0 aliphatic carbocycles. The molecule has 0 aromatic rings. The molecule has 1 unspecified atom stereocenters. The highest BCUT2D eigenvalue weighted by Gasteiger charge is 2.10. The second kappa shape index (κ2) is 8.99. The number of carbonyl (C=O) groups is 1. The van der Waals surface area contributed by atoms with Crippen LogP contribution in [0.5, 0.6) is 0 Å². The molecule has 0 radical (unpaired) electrons. The Morgan fingerprint density at radius 1 is 1.35 bits per heavy atom. The summed E-state index contributed by atoms with van der Waals surface area (Å²) in [6.07, 6.45) is 7.55. The first-order valence-corrected chi connectivity index (χ1v) is 6.25. The van der Waals surface area contributed by atoms with E-state index in [4.69, 9.17) is 0 Å². The van der Waals surface area contributed by atoms with Gasteiger partial charge in [-0.3, -0.25) is 4.79 Å². The van der Waals surface area contributed by atoms with Gasteiger partial charge in [0.15, 0.2) is 0 Å². The van der Waals surface area contributed by atoms with Crippen molar-refractivity contribution in [2.75, 3.05) is 14.1 Å². The lowest BCUT2D eigenvalue weighted by Gasteiger charge is -2.13. The number of rotatable bonds is 8. The average molecular weight is 239 g/mol. The molecule has 0 saturated heterocycles. The van der Waals surface area contributed by atoms with Crippen molar-refractivity contribution in [2.45, 2.75) is 45.1 Å². The Hall–Kier alpha value is -1.09. The van der Waals surface area contributed by atoms with E-state index in [-0.39, 0.29) is 5.91 Å². The summed E-state index contributed by atoms with van der Waals surface area (Å²) in [7, 11) is 3.40. The minimum absolute atomic E-state index is 0.0867. The van der Waals surface area contributed by atoms with Crippen molar-refractivity contribution in [3.8, 4) is 0 Å². The van der Waals surface area contributed by atoms with Crippen molar-refractivity contribution in [1.29, 1.82) is 0 Å². The van der Waals surface area contributed by atoms with Crippen LogP contribution in [-0.2, 0) is 4.79 Å². The summed E-state index contributed by atoms with van der Waals surface area (Å²) < 4.78 is 0. The van der Waals surface area contributed by atoms with Crippen molar-refractivity contribution in [2.24, 2.45) is 0 Å². The Bertz CT molecular complexity index is 269. The van der Waals surface area contributed by atoms with Gasteiger partial charge in [-0.15, -0.1) is 6.58 Å². The van der Waals surface area contributed by atoms with E-state index in [2.05, 4.69) is 13.5 Å². The topological polar surface area (TPSA) is 40.5 Å². The third-order valence-electron chi connectivity index (χ3n) is 2.67. The van der Waals surface area contributed by atoms with Crippen LogP contribution >= 0.6 is 0 Å². The lowest BCUT2D eigenvalue weighted by molar-refractivity contribution is -0.123. The molecule has 0 aromatic heterocycles. The monoisotopic (exact) mass is 239 g/mol. The van der Waals surface area contributed by atoms with Crippen LogP contribution in [-0.4, -0.2) is 36.1 Å². The quantitative estimate of drug-likeness (QED) is 0.402. The van der Waals surface area contributed by atoms with Crippen molar-refractivity contribution in [1.82, 2.24) is 4.90 Å². The highest BCUT2D eigenvalue weighted by Crippen LogP contribution is 2.15. The van der Waals surface area contributed by atoms with E-state index in [1.54, 1.807) is 14.1 Å². The van der Waals surface area contributed by atoms with Crippen molar-refractivity contribution in [3.63, 3.8) is 0 Å². The van der Waals surface area contributed by atoms with Gasteiger partial charge in [-0.05, 0) is 18.4 Å². The molecule has 3 heteroatoms. The van der Waals surface area contributed by atoms with Crippen LogP contribution < -0.4 is 0 Å². The third kappa shape index (κ3) is 6.95. The number of hydrogen-bond donors (Lipinski definition) is 1. The molecule has 0 aromatic carbocycles. The fourth-order valence-corrected chi connectivity index (χ4v) is 1.50. The highest BCUT2D eigenvalue weighted by molar-refractivity contribution is 5.88. The van der Waals surface area contributed by atoms with Crippen molar-refractivity contribution >= 4 is 5.91 Å². The predicted molar refractivity (Wildman–Crippen MR) is 71.7 cm³/mol. The van der Waals surface area contributed by atoms with Crippen LogP contribution in [0.2, 0.25) is 0 Å². The fraction of sp³-hybridized carbons (Fsp3) is 0.643. The molecule has 0 bridgehead atoms. The predicted octanol–water partition coefficient (Wildman–Crippen LogP) is 2.52. The maximum absolute atomic E-state index is 11.6. The number of hydrogen-bond acceptors (Lipinski definition) is 2. The third-order valence-corrected chi connectivity index (χ3v) is 2.67. The van der Waals surface area contributed by atoms with Crippen LogP contribution in [0.4, 0.5) is 0 Å². The molecule has 0 heterocycles. The number of amides is 1. The van der Waals surface area contributed by atoms with Gasteiger partial charge in [-0.25, -0.2) is 0 Å². The molecular formula is C14H25NO2. The van der Waals surface area contributed by atoms with E-state index in [9.17, 15) is 9.90 Å². The molecule has 0 spiro atoms. The minimum atomic E-state index is -0.708. The van der Waals surface area contributed by atoms with E-state index in [1.807, 2.05) is 0 Å². The Morgan fingerprint density at radius 3 is 2.47 bits per heavy atom. The molecule has 1 atom stereocenters. The highest BCUT2D eigenvalue weighted by atomic mass is 16.3. The summed E-state index contributed by atoms with van der Waals surface area (Å²) in [5.74, 6) is -0.0867. The van der Waals surface area contributed by atoms with Gasteiger partial charge in [0.05, 0.1) is 6.10 Å². The smallest absolute Gasteiger partial charge is 0.246 e. The summed E-state index contributed by atoms with van der Waals surface area (Å²) >= 11 is 0. The Balaban J connectivity index is 4.43. The lowest BCUT2D eigenvalue weighted by atomic mass is 10.0. The van der Waals surface area contributed by atoms with Crippen LogP contribution in [0, 0.1) is 0 Å². The first kappa shape index (κ1) is 15.9. The number of unbranched alkanes of at least 4 members (excludes halogenated alkanes) is 3. The Labute approximate surface area is 105 Å². The first-order valence-electron chi connectivity index (χ1n) is 6.25.